The van der Waals surface area contributed by atoms with Crippen LogP contribution in [0, 0.1) is 12.8 Å². The Morgan fingerprint density at radius 2 is 1.96 bits per heavy atom. The summed E-state index contributed by atoms with van der Waals surface area (Å²) in [5.74, 6) is 1.05. The highest BCUT2D eigenvalue weighted by molar-refractivity contribution is 7.89. The Morgan fingerprint density at radius 3 is 2.65 bits per heavy atom. The normalized spacial score (nSPS) is 28.1. The van der Waals surface area contributed by atoms with Gasteiger partial charge in [-0.25, -0.2) is 8.42 Å². The van der Waals surface area contributed by atoms with E-state index in [1.54, 1.807) is 37.3 Å². The van der Waals surface area contributed by atoms with Gasteiger partial charge in [0.1, 0.15) is 0 Å². The Morgan fingerprint density at radius 1 is 1.17 bits per heavy atom. The van der Waals surface area contributed by atoms with Gasteiger partial charge in [0.15, 0.2) is 0 Å². The Labute approximate surface area is 134 Å². The Bertz CT molecular complexity index is 805. The molecule has 0 N–H and O–H groups in total. The van der Waals surface area contributed by atoms with Crippen LogP contribution < -0.4 is 0 Å². The molecule has 2 aromatic rings. The smallest absolute Gasteiger partial charge is 0.243 e. The molecule has 0 spiro atoms. The van der Waals surface area contributed by atoms with Crippen molar-refractivity contribution in [2.24, 2.45) is 5.92 Å². The van der Waals surface area contributed by atoms with E-state index in [1.165, 1.54) is 4.31 Å². The van der Waals surface area contributed by atoms with E-state index >= 15 is 0 Å². The lowest BCUT2D eigenvalue weighted by molar-refractivity contribution is 0.105. The minimum atomic E-state index is -3.49. The number of benzene rings is 1. The predicted molar refractivity (Wildman–Crippen MR) is 80.2 cm³/mol. The molecule has 0 bridgehead atoms. The van der Waals surface area contributed by atoms with Crippen LogP contribution in [0.15, 0.2) is 39.6 Å². The average Bonchev–Trinajstić information content (AvgIpc) is 3.23. The number of aryl methyl sites for hydroxylation is 1. The Hall–Kier alpha value is -1.77. The third-order valence-corrected chi connectivity index (χ3v) is 6.37. The zero-order valence-electron chi connectivity index (χ0n) is 12.6. The molecule has 3 heterocycles. The number of hydrogen-bond donors (Lipinski definition) is 0. The molecule has 0 radical (unpaired) electrons. The highest BCUT2D eigenvalue weighted by Crippen LogP contribution is 2.40. The molecule has 2 saturated heterocycles. The van der Waals surface area contributed by atoms with Crippen LogP contribution >= 0.6 is 0 Å². The van der Waals surface area contributed by atoms with Crippen LogP contribution in [0.5, 0.6) is 0 Å². The summed E-state index contributed by atoms with van der Waals surface area (Å²) < 4.78 is 38.2. The molecule has 1 aromatic heterocycles. The summed E-state index contributed by atoms with van der Waals surface area (Å²) >= 11 is 0. The first kappa shape index (κ1) is 14.8. The molecule has 122 valence electrons. The van der Waals surface area contributed by atoms with Gasteiger partial charge in [-0.1, -0.05) is 18.2 Å². The molecule has 0 aliphatic carbocycles. The van der Waals surface area contributed by atoms with Gasteiger partial charge in [0, 0.05) is 25.9 Å². The minimum Gasteiger partial charge on any atom is -0.425 e. The van der Waals surface area contributed by atoms with E-state index in [9.17, 15) is 8.42 Å². The molecule has 2 aliphatic rings. The Balaban J connectivity index is 1.58. The molecular formula is C15H17N3O4S. The first-order chi connectivity index (χ1) is 11.1. The number of nitrogens with zero attached hydrogens (tertiary/aromatic N) is 3. The summed E-state index contributed by atoms with van der Waals surface area (Å²) in [6.07, 6.45) is -0.120. The quantitative estimate of drug-likeness (QED) is 0.837. The van der Waals surface area contributed by atoms with Crippen LogP contribution in [0.25, 0.3) is 0 Å². The third-order valence-electron chi connectivity index (χ3n) is 4.52. The van der Waals surface area contributed by atoms with Crippen LogP contribution in [0.1, 0.15) is 17.7 Å². The maximum atomic E-state index is 12.7. The minimum absolute atomic E-state index is 0.0443. The van der Waals surface area contributed by atoms with E-state index in [0.29, 0.717) is 36.4 Å². The standard InChI is InChI=1S/C15H17N3O4S/c1-10-16-17-15(22-10)13-9-21-14-8-18(7-12(13)14)23(19,20)11-5-3-2-4-6-11/h2-6,12-14H,7-9H2,1H3/t12-,13+,14-/m1/s1. The van der Waals surface area contributed by atoms with Crippen LogP contribution in [0.2, 0.25) is 0 Å². The van der Waals surface area contributed by atoms with Gasteiger partial charge in [0.25, 0.3) is 0 Å². The lowest BCUT2D eigenvalue weighted by atomic mass is 9.93. The maximum absolute atomic E-state index is 12.7. The fourth-order valence-corrected chi connectivity index (χ4v) is 4.84. The molecule has 7 nitrogen and oxygen atoms in total. The molecule has 4 rings (SSSR count). The predicted octanol–water partition coefficient (Wildman–Crippen LogP) is 1.18. The number of aromatic nitrogens is 2. The van der Waals surface area contributed by atoms with Crippen LogP contribution in [-0.2, 0) is 14.8 Å². The monoisotopic (exact) mass is 335 g/mol. The van der Waals surface area contributed by atoms with E-state index in [-0.39, 0.29) is 17.9 Å². The Kier molecular flexibility index (Phi) is 3.47. The number of fused-ring (bicyclic) bond motifs is 1. The van der Waals surface area contributed by atoms with Crippen LogP contribution in [0.3, 0.4) is 0 Å². The first-order valence-electron chi connectivity index (χ1n) is 7.52. The van der Waals surface area contributed by atoms with E-state index in [4.69, 9.17) is 9.15 Å². The summed E-state index contributed by atoms with van der Waals surface area (Å²) in [5.41, 5.74) is 0. The molecule has 2 aliphatic heterocycles. The van der Waals surface area contributed by atoms with E-state index in [1.807, 2.05) is 0 Å². The van der Waals surface area contributed by atoms with Crippen molar-refractivity contribution in [3.8, 4) is 0 Å². The summed E-state index contributed by atoms with van der Waals surface area (Å²) in [7, 11) is -3.49. The molecule has 23 heavy (non-hydrogen) atoms. The summed E-state index contributed by atoms with van der Waals surface area (Å²) in [5, 5.41) is 7.93. The van der Waals surface area contributed by atoms with Crippen molar-refractivity contribution >= 4 is 10.0 Å². The van der Waals surface area contributed by atoms with Crippen molar-refractivity contribution in [1.82, 2.24) is 14.5 Å². The van der Waals surface area contributed by atoms with Crippen molar-refractivity contribution in [2.75, 3.05) is 19.7 Å². The molecule has 2 fully saturated rings. The average molecular weight is 335 g/mol. The number of sulfonamides is 1. The number of ether oxygens (including phenoxy) is 1. The summed E-state index contributed by atoms with van der Waals surface area (Å²) in [4.78, 5) is 0.310. The van der Waals surface area contributed by atoms with Crippen molar-refractivity contribution in [1.29, 1.82) is 0 Å². The second kappa shape index (κ2) is 5.40. The largest absolute Gasteiger partial charge is 0.425 e. The molecular weight excluding hydrogens is 318 g/mol. The van der Waals surface area contributed by atoms with Crippen molar-refractivity contribution < 1.29 is 17.6 Å². The molecule has 3 atom stereocenters. The summed E-state index contributed by atoms with van der Waals surface area (Å²) in [6, 6.07) is 8.48. The van der Waals surface area contributed by atoms with Crippen LogP contribution in [0.4, 0.5) is 0 Å². The van der Waals surface area contributed by atoms with Crippen molar-refractivity contribution in [3.05, 3.63) is 42.1 Å². The van der Waals surface area contributed by atoms with E-state index < -0.39 is 10.0 Å². The van der Waals surface area contributed by atoms with Gasteiger partial charge in [-0.3, -0.25) is 0 Å². The zero-order chi connectivity index (χ0) is 16.0. The van der Waals surface area contributed by atoms with E-state index in [0.717, 1.165) is 0 Å². The third kappa shape index (κ3) is 2.46. The topological polar surface area (TPSA) is 85.5 Å². The molecule has 1 aromatic carbocycles. The fraction of sp³-hybridized carbons (Fsp3) is 0.467. The second-order valence-electron chi connectivity index (χ2n) is 5.94. The zero-order valence-corrected chi connectivity index (χ0v) is 13.4. The molecule has 0 saturated carbocycles. The van der Waals surface area contributed by atoms with Gasteiger partial charge >= 0.3 is 0 Å². The lowest BCUT2D eigenvalue weighted by Crippen LogP contribution is -2.31. The summed E-state index contributed by atoms with van der Waals surface area (Å²) in [6.45, 7) is 3.01. The van der Waals surface area contributed by atoms with Crippen LogP contribution in [-0.4, -0.2) is 48.7 Å². The fourth-order valence-electron chi connectivity index (χ4n) is 3.33. The lowest BCUT2D eigenvalue weighted by Gasteiger charge is -2.18. The van der Waals surface area contributed by atoms with Crippen molar-refractivity contribution in [3.63, 3.8) is 0 Å². The molecule has 0 amide bonds. The van der Waals surface area contributed by atoms with Gasteiger partial charge in [-0.2, -0.15) is 4.31 Å². The number of hydrogen-bond acceptors (Lipinski definition) is 6. The highest BCUT2D eigenvalue weighted by atomic mass is 32.2. The SMILES string of the molecule is Cc1nnc([C@H]2CO[C@@H]3CN(S(=O)(=O)c4ccccc4)C[C@H]23)o1. The first-order valence-corrected chi connectivity index (χ1v) is 8.96. The molecule has 8 heteroatoms. The van der Waals surface area contributed by atoms with Gasteiger partial charge in [-0.15, -0.1) is 10.2 Å². The van der Waals surface area contributed by atoms with Gasteiger partial charge in [0.2, 0.25) is 21.8 Å². The van der Waals surface area contributed by atoms with Gasteiger partial charge < -0.3 is 9.15 Å². The van der Waals surface area contributed by atoms with Crippen molar-refractivity contribution in [2.45, 2.75) is 23.8 Å². The number of rotatable bonds is 3. The highest BCUT2D eigenvalue weighted by Gasteiger charge is 2.49. The van der Waals surface area contributed by atoms with E-state index in [2.05, 4.69) is 10.2 Å². The van der Waals surface area contributed by atoms with Gasteiger partial charge in [-0.05, 0) is 12.1 Å². The maximum Gasteiger partial charge on any atom is 0.243 e. The second-order valence-corrected chi connectivity index (χ2v) is 7.87. The van der Waals surface area contributed by atoms with Gasteiger partial charge in [0.05, 0.1) is 23.5 Å². The molecule has 0 unspecified atom stereocenters.